The van der Waals surface area contributed by atoms with Gasteiger partial charge in [-0.15, -0.1) is 0 Å². The Labute approximate surface area is 102 Å². The quantitative estimate of drug-likeness (QED) is 0.703. The molecular formula is C16H16O. The number of hydrogen-bond acceptors (Lipinski definition) is 1. The number of hydrogen-bond donors (Lipinski definition) is 1. The van der Waals surface area contributed by atoms with Crippen LogP contribution < -0.4 is 0 Å². The summed E-state index contributed by atoms with van der Waals surface area (Å²) >= 11 is 0. The van der Waals surface area contributed by atoms with E-state index in [0.29, 0.717) is 0 Å². The average molecular weight is 224 g/mol. The lowest BCUT2D eigenvalue weighted by molar-refractivity contribution is 0.173. The van der Waals surface area contributed by atoms with Crippen molar-refractivity contribution in [2.24, 2.45) is 0 Å². The number of rotatable bonds is 2. The maximum atomic E-state index is 10.1. The molecular weight excluding hydrogens is 208 g/mol. The molecule has 0 aliphatic heterocycles. The molecule has 1 unspecified atom stereocenters. The summed E-state index contributed by atoms with van der Waals surface area (Å²) in [4.78, 5) is 0. The Hall–Kier alpha value is -1.60. The third kappa shape index (κ3) is 1.58. The van der Waals surface area contributed by atoms with Crippen LogP contribution in [0, 0.1) is 0 Å². The van der Waals surface area contributed by atoms with Crippen LogP contribution in [0.4, 0.5) is 0 Å². The van der Waals surface area contributed by atoms with Gasteiger partial charge in [-0.2, -0.15) is 0 Å². The Kier molecular flexibility index (Phi) is 2.49. The first-order valence-corrected chi connectivity index (χ1v) is 6.19. The molecule has 0 aromatic heterocycles. The molecule has 1 atom stereocenters. The molecule has 0 bridgehead atoms. The van der Waals surface area contributed by atoms with Crippen molar-refractivity contribution in [3.63, 3.8) is 0 Å². The molecule has 3 rings (SSSR count). The third-order valence-electron chi connectivity index (χ3n) is 3.63. The normalized spacial score (nSPS) is 14.2. The zero-order chi connectivity index (χ0) is 11.8. The highest BCUT2D eigenvalue weighted by atomic mass is 16.3. The maximum Gasteiger partial charge on any atom is 0.0790 e. The van der Waals surface area contributed by atoms with Crippen molar-refractivity contribution in [1.82, 2.24) is 0 Å². The van der Waals surface area contributed by atoms with E-state index in [0.717, 1.165) is 18.4 Å². The second-order valence-corrected chi connectivity index (χ2v) is 4.63. The molecule has 86 valence electrons. The monoisotopic (exact) mass is 224 g/mol. The lowest BCUT2D eigenvalue weighted by Gasteiger charge is -2.13. The highest BCUT2D eigenvalue weighted by Gasteiger charge is 2.22. The minimum absolute atomic E-state index is 0.334. The standard InChI is InChI=1S/C16H16O/c1-2-16(17)14-9-5-8-13-12-7-4-3-6-11(12)10-15(13)14/h3-9,16-17H,2,10H2,1H3. The largest absolute Gasteiger partial charge is 0.388 e. The van der Waals surface area contributed by atoms with Crippen molar-refractivity contribution >= 4 is 0 Å². The molecule has 0 fully saturated rings. The fourth-order valence-corrected chi connectivity index (χ4v) is 2.71. The Morgan fingerprint density at radius 2 is 1.82 bits per heavy atom. The van der Waals surface area contributed by atoms with Crippen molar-refractivity contribution in [1.29, 1.82) is 0 Å². The van der Waals surface area contributed by atoms with E-state index in [2.05, 4.69) is 42.5 Å². The van der Waals surface area contributed by atoms with E-state index in [1.54, 1.807) is 0 Å². The average Bonchev–Trinajstić information content (AvgIpc) is 2.76. The fraction of sp³-hybridized carbons (Fsp3) is 0.250. The van der Waals surface area contributed by atoms with E-state index in [1.807, 2.05) is 6.92 Å². The number of aliphatic hydroxyl groups excluding tert-OH is 1. The predicted octanol–water partition coefficient (Wildman–Crippen LogP) is 3.70. The van der Waals surface area contributed by atoms with E-state index in [4.69, 9.17) is 0 Å². The van der Waals surface area contributed by atoms with Gasteiger partial charge < -0.3 is 5.11 Å². The SMILES string of the molecule is CCC(O)c1cccc2c1Cc1ccccc1-2. The van der Waals surface area contributed by atoms with Crippen LogP contribution >= 0.6 is 0 Å². The van der Waals surface area contributed by atoms with Crippen molar-refractivity contribution in [3.05, 3.63) is 59.2 Å². The first kappa shape index (κ1) is 10.5. The van der Waals surface area contributed by atoms with E-state index in [9.17, 15) is 5.11 Å². The molecule has 17 heavy (non-hydrogen) atoms. The van der Waals surface area contributed by atoms with Crippen molar-refractivity contribution < 1.29 is 5.11 Å². The number of aliphatic hydroxyl groups is 1. The molecule has 0 saturated heterocycles. The van der Waals surface area contributed by atoms with Crippen LogP contribution in [0.25, 0.3) is 11.1 Å². The van der Waals surface area contributed by atoms with Gasteiger partial charge in [0.05, 0.1) is 6.10 Å². The minimum Gasteiger partial charge on any atom is -0.388 e. The molecule has 1 aliphatic carbocycles. The molecule has 1 heteroatoms. The molecule has 1 N–H and O–H groups in total. The van der Waals surface area contributed by atoms with Crippen LogP contribution in [0.1, 0.15) is 36.1 Å². The third-order valence-corrected chi connectivity index (χ3v) is 3.63. The van der Waals surface area contributed by atoms with E-state index < -0.39 is 0 Å². The second-order valence-electron chi connectivity index (χ2n) is 4.63. The molecule has 1 aliphatic rings. The summed E-state index contributed by atoms with van der Waals surface area (Å²) < 4.78 is 0. The molecule has 2 aromatic rings. The van der Waals surface area contributed by atoms with Gasteiger partial charge in [0.15, 0.2) is 0 Å². The summed E-state index contributed by atoms with van der Waals surface area (Å²) in [5.41, 5.74) is 6.40. The Bertz CT molecular complexity index is 557. The van der Waals surface area contributed by atoms with Gasteiger partial charge in [0.2, 0.25) is 0 Å². The lowest BCUT2D eigenvalue weighted by Crippen LogP contribution is -2.00. The van der Waals surface area contributed by atoms with Gasteiger partial charge in [-0.25, -0.2) is 0 Å². The van der Waals surface area contributed by atoms with E-state index in [1.165, 1.54) is 22.3 Å². The van der Waals surface area contributed by atoms with Crippen LogP contribution in [-0.2, 0) is 6.42 Å². The maximum absolute atomic E-state index is 10.1. The molecule has 2 aromatic carbocycles. The van der Waals surface area contributed by atoms with Gasteiger partial charge in [0, 0.05) is 0 Å². The van der Waals surface area contributed by atoms with Crippen molar-refractivity contribution in [3.8, 4) is 11.1 Å². The molecule has 1 nitrogen and oxygen atoms in total. The Morgan fingerprint density at radius 3 is 2.65 bits per heavy atom. The fourth-order valence-electron chi connectivity index (χ4n) is 2.71. The van der Waals surface area contributed by atoms with Gasteiger partial charge in [0.1, 0.15) is 0 Å². The zero-order valence-corrected chi connectivity index (χ0v) is 9.98. The van der Waals surface area contributed by atoms with E-state index in [-0.39, 0.29) is 6.10 Å². The summed E-state index contributed by atoms with van der Waals surface area (Å²) in [5.74, 6) is 0. The summed E-state index contributed by atoms with van der Waals surface area (Å²) in [5, 5.41) is 10.1. The van der Waals surface area contributed by atoms with Crippen LogP contribution in [0.5, 0.6) is 0 Å². The highest BCUT2D eigenvalue weighted by Crippen LogP contribution is 2.40. The smallest absolute Gasteiger partial charge is 0.0790 e. The van der Waals surface area contributed by atoms with Gasteiger partial charge in [-0.1, -0.05) is 49.4 Å². The first-order valence-electron chi connectivity index (χ1n) is 6.19. The number of benzene rings is 2. The van der Waals surface area contributed by atoms with Gasteiger partial charge in [-0.3, -0.25) is 0 Å². The molecule has 0 spiro atoms. The van der Waals surface area contributed by atoms with Crippen LogP contribution in [0.2, 0.25) is 0 Å². The van der Waals surface area contributed by atoms with Gasteiger partial charge >= 0.3 is 0 Å². The van der Waals surface area contributed by atoms with Crippen molar-refractivity contribution in [2.45, 2.75) is 25.9 Å². The zero-order valence-electron chi connectivity index (χ0n) is 9.98. The van der Waals surface area contributed by atoms with Gasteiger partial charge in [0.25, 0.3) is 0 Å². The highest BCUT2D eigenvalue weighted by molar-refractivity contribution is 5.77. The minimum atomic E-state index is -0.334. The summed E-state index contributed by atoms with van der Waals surface area (Å²) in [6, 6.07) is 14.8. The topological polar surface area (TPSA) is 20.2 Å². The molecule has 0 heterocycles. The summed E-state index contributed by atoms with van der Waals surface area (Å²) in [6.45, 7) is 2.02. The van der Waals surface area contributed by atoms with Crippen LogP contribution in [0.3, 0.4) is 0 Å². The summed E-state index contributed by atoms with van der Waals surface area (Å²) in [7, 11) is 0. The van der Waals surface area contributed by atoms with E-state index >= 15 is 0 Å². The molecule has 0 amide bonds. The molecule has 0 saturated carbocycles. The molecule has 0 radical (unpaired) electrons. The van der Waals surface area contributed by atoms with Crippen LogP contribution in [-0.4, -0.2) is 5.11 Å². The number of fused-ring (bicyclic) bond motifs is 3. The van der Waals surface area contributed by atoms with Crippen molar-refractivity contribution in [2.75, 3.05) is 0 Å². The Morgan fingerprint density at radius 1 is 1.06 bits per heavy atom. The second kappa shape index (κ2) is 4.01. The van der Waals surface area contributed by atoms with Crippen LogP contribution in [0.15, 0.2) is 42.5 Å². The predicted molar refractivity (Wildman–Crippen MR) is 69.9 cm³/mol. The lowest BCUT2D eigenvalue weighted by atomic mass is 9.96. The summed E-state index contributed by atoms with van der Waals surface area (Å²) in [6.07, 6.45) is 1.39. The first-order chi connectivity index (χ1) is 8.31. The van der Waals surface area contributed by atoms with Gasteiger partial charge in [-0.05, 0) is 40.7 Å². The Balaban J connectivity index is 2.17.